The van der Waals surface area contributed by atoms with E-state index in [1.165, 1.54) is 18.2 Å². The average Bonchev–Trinajstić information content (AvgIpc) is 2.47. The van der Waals surface area contributed by atoms with Crippen molar-refractivity contribution in [2.24, 2.45) is 5.84 Å². The molecule has 0 heterocycles. The number of hydrogen-bond acceptors (Lipinski definition) is 3. The normalized spacial score (nSPS) is 10.5. The maximum Gasteiger partial charge on any atom is 0.257 e. The van der Waals surface area contributed by atoms with Crippen LogP contribution in [0.5, 0.6) is 0 Å². The summed E-state index contributed by atoms with van der Waals surface area (Å²) in [6.45, 7) is 4.15. The number of carbonyl (C=O) groups is 1. The number of halogens is 1. The Morgan fingerprint density at radius 2 is 1.90 bits per heavy atom. The van der Waals surface area contributed by atoms with Crippen LogP contribution >= 0.6 is 0 Å². The minimum Gasteiger partial charge on any atom is -0.322 e. The molecular weight excluding hydrogens is 269 g/mol. The molecule has 0 aromatic heterocycles. The second-order valence-electron chi connectivity index (χ2n) is 5.04. The fourth-order valence-electron chi connectivity index (χ4n) is 2.03. The summed E-state index contributed by atoms with van der Waals surface area (Å²) in [6.07, 6.45) is 0. The zero-order chi connectivity index (χ0) is 15.4. The molecule has 0 atom stereocenters. The number of hydrazine groups is 1. The highest BCUT2D eigenvalue weighted by molar-refractivity contribution is 6.08. The van der Waals surface area contributed by atoms with Gasteiger partial charge < -0.3 is 10.7 Å². The van der Waals surface area contributed by atoms with Crippen molar-refractivity contribution in [1.82, 2.24) is 0 Å². The Hall–Kier alpha value is -2.40. The first kappa shape index (κ1) is 15.0. The summed E-state index contributed by atoms with van der Waals surface area (Å²) in [4.78, 5) is 12.3. The molecule has 2 aromatic rings. The van der Waals surface area contributed by atoms with Crippen LogP contribution in [-0.2, 0) is 0 Å². The van der Waals surface area contributed by atoms with Crippen LogP contribution in [-0.4, -0.2) is 5.91 Å². The van der Waals surface area contributed by atoms with E-state index in [1.54, 1.807) is 6.07 Å². The van der Waals surface area contributed by atoms with Gasteiger partial charge in [0.1, 0.15) is 5.82 Å². The van der Waals surface area contributed by atoms with Gasteiger partial charge in [-0.1, -0.05) is 32.0 Å². The summed E-state index contributed by atoms with van der Waals surface area (Å²) in [5.74, 6) is 4.65. The van der Waals surface area contributed by atoms with E-state index in [2.05, 4.69) is 24.6 Å². The summed E-state index contributed by atoms with van der Waals surface area (Å²) in [5.41, 5.74) is 4.15. The molecule has 1 amide bonds. The molecule has 110 valence electrons. The fraction of sp³-hybridized carbons (Fsp3) is 0.188. The quantitative estimate of drug-likeness (QED) is 0.595. The van der Waals surface area contributed by atoms with Crippen molar-refractivity contribution in [3.8, 4) is 0 Å². The third-order valence-corrected chi connectivity index (χ3v) is 3.21. The topological polar surface area (TPSA) is 67.2 Å². The summed E-state index contributed by atoms with van der Waals surface area (Å²) in [6, 6.07) is 11.8. The monoisotopic (exact) mass is 287 g/mol. The molecule has 4 N–H and O–H groups in total. The number of anilines is 2. The van der Waals surface area contributed by atoms with E-state index in [0.717, 1.165) is 5.56 Å². The third kappa shape index (κ3) is 3.38. The van der Waals surface area contributed by atoms with Gasteiger partial charge in [0, 0.05) is 5.69 Å². The summed E-state index contributed by atoms with van der Waals surface area (Å²) in [7, 11) is 0. The molecule has 0 fully saturated rings. The Morgan fingerprint density at radius 1 is 1.19 bits per heavy atom. The van der Waals surface area contributed by atoms with Gasteiger partial charge >= 0.3 is 0 Å². The molecule has 0 saturated heterocycles. The maximum atomic E-state index is 13.6. The molecule has 0 spiro atoms. The SMILES string of the molecule is CC(C)c1cccc(NC(=O)c2cccc(F)c2NN)c1. The van der Waals surface area contributed by atoms with Crippen LogP contribution in [0.2, 0.25) is 0 Å². The lowest BCUT2D eigenvalue weighted by atomic mass is 10.0. The van der Waals surface area contributed by atoms with Gasteiger partial charge in [0.05, 0.1) is 11.3 Å². The first-order valence-electron chi connectivity index (χ1n) is 6.69. The van der Waals surface area contributed by atoms with Crippen molar-refractivity contribution in [1.29, 1.82) is 0 Å². The number of amides is 1. The molecule has 0 bridgehead atoms. The van der Waals surface area contributed by atoms with Gasteiger partial charge in [-0.25, -0.2) is 4.39 Å². The van der Waals surface area contributed by atoms with Crippen molar-refractivity contribution >= 4 is 17.3 Å². The number of rotatable bonds is 4. The van der Waals surface area contributed by atoms with Crippen molar-refractivity contribution in [3.63, 3.8) is 0 Å². The molecule has 0 saturated carbocycles. The van der Waals surface area contributed by atoms with Gasteiger partial charge in [0.2, 0.25) is 0 Å². The average molecular weight is 287 g/mol. The Morgan fingerprint density at radius 3 is 2.57 bits per heavy atom. The first-order valence-corrected chi connectivity index (χ1v) is 6.69. The van der Waals surface area contributed by atoms with E-state index < -0.39 is 11.7 Å². The number of para-hydroxylation sites is 1. The lowest BCUT2D eigenvalue weighted by Crippen LogP contribution is -2.18. The van der Waals surface area contributed by atoms with E-state index in [4.69, 9.17) is 5.84 Å². The van der Waals surface area contributed by atoms with Crippen LogP contribution in [0.4, 0.5) is 15.8 Å². The molecule has 0 unspecified atom stereocenters. The van der Waals surface area contributed by atoms with Crippen LogP contribution in [0.15, 0.2) is 42.5 Å². The van der Waals surface area contributed by atoms with Gasteiger partial charge in [-0.05, 0) is 35.7 Å². The molecule has 2 rings (SSSR count). The van der Waals surface area contributed by atoms with E-state index in [-0.39, 0.29) is 11.3 Å². The lowest BCUT2D eigenvalue weighted by Gasteiger charge is -2.12. The molecule has 0 aliphatic heterocycles. The predicted octanol–water partition coefficient (Wildman–Crippen LogP) is 3.49. The number of nitrogens with one attached hydrogen (secondary N) is 2. The summed E-state index contributed by atoms with van der Waals surface area (Å²) in [5, 5.41) is 2.75. The van der Waals surface area contributed by atoms with Crippen molar-refractivity contribution in [2.75, 3.05) is 10.7 Å². The van der Waals surface area contributed by atoms with Crippen molar-refractivity contribution < 1.29 is 9.18 Å². The highest BCUT2D eigenvalue weighted by Gasteiger charge is 2.14. The van der Waals surface area contributed by atoms with Crippen LogP contribution in [0, 0.1) is 5.82 Å². The molecule has 0 aliphatic rings. The van der Waals surface area contributed by atoms with E-state index in [9.17, 15) is 9.18 Å². The largest absolute Gasteiger partial charge is 0.322 e. The highest BCUT2D eigenvalue weighted by Crippen LogP contribution is 2.22. The van der Waals surface area contributed by atoms with Gasteiger partial charge in [-0.2, -0.15) is 0 Å². The van der Waals surface area contributed by atoms with Gasteiger partial charge in [0.25, 0.3) is 5.91 Å². The molecule has 21 heavy (non-hydrogen) atoms. The molecule has 4 nitrogen and oxygen atoms in total. The van der Waals surface area contributed by atoms with E-state index >= 15 is 0 Å². The molecule has 0 radical (unpaired) electrons. The van der Waals surface area contributed by atoms with Crippen LogP contribution < -0.4 is 16.6 Å². The van der Waals surface area contributed by atoms with Gasteiger partial charge in [-0.3, -0.25) is 10.6 Å². The zero-order valence-corrected chi connectivity index (χ0v) is 12.0. The standard InChI is InChI=1S/C16H18FN3O/c1-10(2)11-5-3-6-12(9-11)19-16(21)13-7-4-8-14(17)15(13)20-18/h3-10,20H,18H2,1-2H3,(H,19,21). The number of nitrogens with two attached hydrogens (primary N) is 1. The second-order valence-corrected chi connectivity index (χ2v) is 5.04. The van der Waals surface area contributed by atoms with Crippen LogP contribution in [0.1, 0.15) is 35.7 Å². The minimum absolute atomic E-state index is 0.0185. The third-order valence-electron chi connectivity index (χ3n) is 3.21. The Labute approximate surface area is 123 Å². The van der Waals surface area contributed by atoms with Crippen LogP contribution in [0.3, 0.4) is 0 Å². The smallest absolute Gasteiger partial charge is 0.257 e. The lowest BCUT2D eigenvalue weighted by molar-refractivity contribution is 0.102. The Kier molecular flexibility index (Phi) is 4.55. The predicted molar refractivity (Wildman–Crippen MR) is 82.7 cm³/mol. The number of carbonyl (C=O) groups excluding carboxylic acids is 1. The number of hydrogen-bond donors (Lipinski definition) is 3. The van der Waals surface area contributed by atoms with E-state index in [1.807, 2.05) is 18.2 Å². The summed E-state index contributed by atoms with van der Waals surface area (Å²) < 4.78 is 13.6. The first-order chi connectivity index (χ1) is 10.0. The molecule has 0 aliphatic carbocycles. The molecule has 5 heteroatoms. The zero-order valence-electron chi connectivity index (χ0n) is 12.0. The molecule has 2 aromatic carbocycles. The second kappa shape index (κ2) is 6.37. The van der Waals surface area contributed by atoms with Gasteiger partial charge in [-0.15, -0.1) is 0 Å². The number of nitrogen functional groups attached to an aromatic ring is 1. The van der Waals surface area contributed by atoms with E-state index in [0.29, 0.717) is 11.6 Å². The number of benzene rings is 2. The fourth-order valence-corrected chi connectivity index (χ4v) is 2.03. The highest BCUT2D eigenvalue weighted by atomic mass is 19.1. The van der Waals surface area contributed by atoms with Crippen molar-refractivity contribution in [3.05, 3.63) is 59.4 Å². The molecular formula is C16H18FN3O. The minimum atomic E-state index is -0.568. The van der Waals surface area contributed by atoms with Gasteiger partial charge in [0.15, 0.2) is 0 Å². The Bertz CT molecular complexity index is 656. The Balaban J connectivity index is 2.26. The summed E-state index contributed by atoms with van der Waals surface area (Å²) >= 11 is 0. The van der Waals surface area contributed by atoms with Crippen LogP contribution in [0.25, 0.3) is 0 Å². The van der Waals surface area contributed by atoms with Crippen molar-refractivity contribution in [2.45, 2.75) is 19.8 Å². The maximum absolute atomic E-state index is 13.6.